The number of hydrogen-bond donors (Lipinski definition) is 1. The van der Waals surface area contributed by atoms with E-state index in [1.54, 1.807) is 0 Å². The van der Waals surface area contributed by atoms with Crippen LogP contribution in [0.4, 0.5) is 0 Å². The third-order valence-electron chi connectivity index (χ3n) is 3.10. The van der Waals surface area contributed by atoms with Crippen LogP contribution in [0.25, 0.3) is 0 Å². The summed E-state index contributed by atoms with van der Waals surface area (Å²) < 4.78 is 0. The Hall–Kier alpha value is -0.0800. The van der Waals surface area contributed by atoms with Crippen LogP contribution >= 0.6 is 0 Å². The predicted molar refractivity (Wildman–Crippen MR) is 70.8 cm³/mol. The van der Waals surface area contributed by atoms with Gasteiger partial charge in [-0.1, -0.05) is 71.1 Å². The molecule has 0 saturated heterocycles. The average molecular weight is 231 g/mol. The summed E-state index contributed by atoms with van der Waals surface area (Å²) in [6.07, 6.45) is 17.2. The molecule has 2 heteroatoms. The van der Waals surface area contributed by atoms with Crippen molar-refractivity contribution in [3.63, 3.8) is 0 Å². The largest absolute Gasteiger partial charge is 0.870 e. The summed E-state index contributed by atoms with van der Waals surface area (Å²) >= 11 is 0. The number of quaternary nitrogens is 1. The van der Waals surface area contributed by atoms with Crippen LogP contribution < -0.4 is 5.73 Å². The van der Waals surface area contributed by atoms with E-state index in [0.29, 0.717) is 0 Å². The van der Waals surface area contributed by atoms with Crippen molar-refractivity contribution < 1.29 is 11.2 Å². The van der Waals surface area contributed by atoms with Gasteiger partial charge < -0.3 is 11.2 Å². The smallest absolute Gasteiger partial charge is 0.0739 e. The van der Waals surface area contributed by atoms with E-state index in [9.17, 15) is 0 Å². The number of rotatable bonds is 12. The summed E-state index contributed by atoms with van der Waals surface area (Å²) in [4.78, 5) is 0. The highest BCUT2D eigenvalue weighted by molar-refractivity contribution is 4.47. The summed E-state index contributed by atoms with van der Waals surface area (Å²) in [5.74, 6) is 0. The van der Waals surface area contributed by atoms with Gasteiger partial charge in [-0.2, -0.15) is 0 Å². The van der Waals surface area contributed by atoms with Crippen molar-refractivity contribution in [1.29, 1.82) is 0 Å². The summed E-state index contributed by atoms with van der Waals surface area (Å²) in [5.41, 5.74) is 3.87. The van der Waals surface area contributed by atoms with Gasteiger partial charge in [-0.15, -0.1) is 0 Å². The minimum absolute atomic E-state index is 0. The topological polar surface area (TPSA) is 57.6 Å². The first-order valence-electron chi connectivity index (χ1n) is 7.21. The average Bonchev–Trinajstić information content (AvgIpc) is 2.26. The minimum atomic E-state index is 0. The zero-order valence-electron chi connectivity index (χ0n) is 11.3. The van der Waals surface area contributed by atoms with Crippen molar-refractivity contribution >= 4 is 0 Å². The molecule has 16 heavy (non-hydrogen) atoms. The second-order valence-electron chi connectivity index (χ2n) is 4.74. The standard InChI is InChI=1S/C14H31N.H2O/c1-2-3-4-5-6-7-8-9-10-11-12-13-14-15;/h2-15H2,1H3;1H2. The molecule has 4 N–H and O–H groups in total. The maximum atomic E-state index is 3.87. The maximum Gasteiger partial charge on any atom is 0.0739 e. The van der Waals surface area contributed by atoms with Crippen LogP contribution in [-0.2, 0) is 0 Å². The molecule has 0 saturated carbocycles. The summed E-state index contributed by atoms with van der Waals surface area (Å²) in [6.45, 7) is 3.41. The zero-order valence-corrected chi connectivity index (χ0v) is 11.3. The van der Waals surface area contributed by atoms with E-state index in [-0.39, 0.29) is 5.48 Å². The first-order valence-corrected chi connectivity index (χ1v) is 7.21. The molecule has 0 unspecified atom stereocenters. The van der Waals surface area contributed by atoms with E-state index < -0.39 is 0 Å². The van der Waals surface area contributed by atoms with Crippen LogP contribution in [0.5, 0.6) is 0 Å². The highest BCUT2D eigenvalue weighted by atomic mass is 16.0. The predicted octanol–water partition coefficient (Wildman–Crippen LogP) is 3.75. The second-order valence-corrected chi connectivity index (χ2v) is 4.74. The molecule has 0 aromatic rings. The Morgan fingerprint density at radius 1 is 0.562 bits per heavy atom. The lowest BCUT2D eigenvalue weighted by Gasteiger charge is -2.01. The van der Waals surface area contributed by atoms with Gasteiger partial charge in [0.2, 0.25) is 0 Å². The van der Waals surface area contributed by atoms with Crippen LogP contribution in [0.1, 0.15) is 84.0 Å². The number of hydrogen-bond acceptors (Lipinski definition) is 1. The van der Waals surface area contributed by atoms with E-state index in [1.807, 2.05) is 0 Å². The van der Waals surface area contributed by atoms with Gasteiger partial charge in [0, 0.05) is 0 Å². The van der Waals surface area contributed by atoms with Crippen molar-refractivity contribution in [2.45, 2.75) is 84.0 Å². The third kappa shape index (κ3) is 16.4. The Morgan fingerprint density at radius 2 is 0.875 bits per heavy atom. The van der Waals surface area contributed by atoms with Crippen molar-refractivity contribution in [3.05, 3.63) is 0 Å². The van der Waals surface area contributed by atoms with Gasteiger partial charge in [0.1, 0.15) is 0 Å². The van der Waals surface area contributed by atoms with Gasteiger partial charge in [0.15, 0.2) is 0 Å². The van der Waals surface area contributed by atoms with Gasteiger partial charge in [-0.3, -0.25) is 0 Å². The first-order chi connectivity index (χ1) is 7.41. The molecule has 0 heterocycles. The van der Waals surface area contributed by atoms with Gasteiger partial charge >= 0.3 is 0 Å². The Bertz CT molecular complexity index is 94.9. The molecular weight excluding hydrogens is 198 g/mol. The van der Waals surface area contributed by atoms with Gasteiger partial charge in [0.25, 0.3) is 0 Å². The normalized spacial score (nSPS) is 10.1. The quantitative estimate of drug-likeness (QED) is 0.511. The molecule has 0 fully saturated rings. The minimum Gasteiger partial charge on any atom is -0.870 e. The van der Waals surface area contributed by atoms with Crippen molar-refractivity contribution in [1.82, 2.24) is 0 Å². The van der Waals surface area contributed by atoms with Crippen molar-refractivity contribution in [2.75, 3.05) is 6.54 Å². The maximum absolute atomic E-state index is 3.87. The lowest BCUT2D eigenvalue weighted by atomic mass is 10.1. The summed E-state index contributed by atoms with van der Waals surface area (Å²) in [6, 6.07) is 0. The van der Waals surface area contributed by atoms with Crippen molar-refractivity contribution in [3.8, 4) is 0 Å². The Balaban J connectivity index is 0. The van der Waals surface area contributed by atoms with Gasteiger partial charge in [0.05, 0.1) is 6.54 Å². The number of unbranched alkanes of at least 4 members (excludes halogenated alkanes) is 11. The van der Waals surface area contributed by atoms with Crippen LogP contribution in [0, 0.1) is 0 Å². The molecule has 0 aromatic carbocycles. The van der Waals surface area contributed by atoms with Crippen LogP contribution in [0.15, 0.2) is 0 Å². The first kappa shape index (κ1) is 18.3. The van der Waals surface area contributed by atoms with Gasteiger partial charge in [-0.05, 0) is 12.8 Å². The zero-order chi connectivity index (χ0) is 11.2. The fourth-order valence-electron chi connectivity index (χ4n) is 2.02. The van der Waals surface area contributed by atoms with E-state index in [1.165, 1.54) is 77.0 Å². The molecule has 0 aliphatic heterocycles. The molecule has 0 atom stereocenters. The molecule has 2 nitrogen and oxygen atoms in total. The molecule has 0 amide bonds. The second kappa shape index (κ2) is 17.3. The van der Waals surface area contributed by atoms with E-state index in [0.717, 1.165) is 6.54 Å². The molecule has 0 spiro atoms. The lowest BCUT2D eigenvalue weighted by molar-refractivity contribution is -0.368. The Kier molecular flexibility index (Phi) is 19.8. The molecule has 0 radical (unpaired) electrons. The van der Waals surface area contributed by atoms with Crippen molar-refractivity contribution in [2.24, 2.45) is 0 Å². The highest BCUT2D eigenvalue weighted by Crippen LogP contribution is 2.11. The molecule has 0 aliphatic carbocycles. The monoisotopic (exact) mass is 231 g/mol. The lowest BCUT2D eigenvalue weighted by Crippen LogP contribution is -2.50. The Morgan fingerprint density at radius 3 is 1.19 bits per heavy atom. The van der Waals surface area contributed by atoms with Crippen LogP contribution in [0.2, 0.25) is 0 Å². The fourth-order valence-corrected chi connectivity index (χ4v) is 2.02. The SMILES string of the molecule is CCCCCCCCCCCCCC[NH3+].[OH-]. The van der Waals surface area contributed by atoms with E-state index in [4.69, 9.17) is 0 Å². The molecule has 0 bridgehead atoms. The Labute approximate surface area is 102 Å². The fraction of sp³-hybridized carbons (Fsp3) is 1.00. The molecule has 0 aromatic heterocycles. The third-order valence-corrected chi connectivity index (χ3v) is 3.10. The van der Waals surface area contributed by atoms with Crippen LogP contribution in [-0.4, -0.2) is 12.0 Å². The molecule has 100 valence electrons. The molecule has 0 aliphatic rings. The molecule has 0 rings (SSSR count). The highest BCUT2D eigenvalue weighted by Gasteiger charge is 1.92. The van der Waals surface area contributed by atoms with Crippen LogP contribution in [0.3, 0.4) is 0 Å². The van der Waals surface area contributed by atoms with E-state index >= 15 is 0 Å². The van der Waals surface area contributed by atoms with E-state index in [2.05, 4.69) is 12.7 Å². The summed E-state index contributed by atoms with van der Waals surface area (Å²) in [7, 11) is 0. The summed E-state index contributed by atoms with van der Waals surface area (Å²) in [5, 5.41) is 0. The van der Waals surface area contributed by atoms with Gasteiger partial charge in [-0.25, -0.2) is 0 Å². The molecular formula is C14H33NO.